The van der Waals surface area contributed by atoms with Crippen LogP contribution in [0.3, 0.4) is 0 Å². The minimum absolute atomic E-state index is 0.898. The summed E-state index contributed by atoms with van der Waals surface area (Å²) in [4.78, 5) is 5.34. The number of hydrogen-bond acceptors (Lipinski definition) is 1. The predicted octanol–water partition coefficient (Wildman–Crippen LogP) is 12.3. The van der Waals surface area contributed by atoms with Crippen LogP contribution >= 0.6 is 0 Å². The minimum atomic E-state index is 0.898. The van der Waals surface area contributed by atoms with Crippen molar-refractivity contribution in [2.45, 2.75) is 0 Å². The highest BCUT2D eigenvalue weighted by atomic mass is 15.1. The fourth-order valence-corrected chi connectivity index (χ4v) is 7.59. The summed E-state index contributed by atoms with van der Waals surface area (Å²) in [5.74, 6) is 0.898. The van der Waals surface area contributed by atoms with Gasteiger partial charge in [0.1, 0.15) is 5.82 Å². The summed E-state index contributed by atoms with van der Waals surface area (Å²) in [5, 5.41) is 4.91. The quantitative estimate of drug-likeness (QED) is 0.184. The second-order valence-corrected chi connectivity index (χ2v) is 12.8. The van der Waals surface area contributed by atoms with Gasteiger partial charge in [0.2, 0.25) is 0 Å². The zero-order valence-corrected chi connectivity index (χ0v) is 27.2. The van der Waals surface area contributed by atoms with E-state index in [9.17, 15) is 0 Å². The summed E-state index contributed by atoms with van der Waals surface area (Å²) in [5.41, 5.74) is 12.5. The molecule has 0 aliphatic carbocycles. The molecule has 0 amide bonds. The maximum absolute atomic E-state index is 5.34. The van der Waals surface area contributed by atoms with Crippen LogP contribution in [0.1, 0.15) is 0 Å². The number of hydrogen-bond donors (Lipinski definition) is 0. The van der Waals surface area contributed by atoms with Crippen LogP contribution in [-0.2, 0) is 0 Å². The molecule has 0 bridgehead atoms. The first-order chi connectivity index (χ1) is 24.8. The van der Waals surface area contributed by atoms with Gasteiger partial charge in [0, 0.05) is 32.8 Å². The molecular formula is C47H31N3. The van der Waals surface area contributed by atoms with E-state index in [4.69, 9.17) is 4.98 Å². The number of nitrogens with zero attached hydrogens (tertiary/aromatic N) is 3. The number of pyridine rings is 1. The Morgan fingerprint density at radius 2 is 0.840 bits per heavy atom. The van der Waals surface area contributed by atoms with Gasteiger partial charge in [-0.3, -0.25) is 4.57 Å². The summed E-state index contributed by atoms with van der Waals surface area (Å²) >= 11 is 0. The van der Waals surface area contributed by atoms with Gasteiger partial charge in [0.05, 0.1) is 27.8 Å². The second-order valence-electron chi connectivity index (χ2n) is 12.8. The number of para-hydroxylation sites is 3. The molecule has 234 valence electrons. The van der Waals surface area contributed by atoms with Crippen LogP contribution in [0.2, 0.25) is 0 Å². The van der Waals surface area contributed by atoms with Crippen molar-refractivity contribution < 1.29 is 0 Å². The van der Waals surface area contributed by atoms with Gasteiger partial charge in [-0.05, 0) is 76.9 Å². The first kappa shape index (κ1) is 28.3. The Kier molecular flexibility index (Phi) is 6.49. The Hall–Kier alpha value is -6.71. The van der Waals surface area contributed by atoms with Gasteiger partial charge in [0.15, 0.2) is 0 Å². The topological polar surface area (TPSA) is 22.8 Å². The number of fused-ring (bicyclic) bond motifs is 6. The average molecular weight is 638 g/mol. The molecule has 3 heteroatoms. The molecule has 10 aromatic rings. The van der Waals surface area contributed by atoms with Crippen molar-refractivity contribution in [3.8, 4) is 45.0 Å². The van der Waals surface area contributed by atoms with E-state index in [2.05, 4.69) is 197 Å². The van der Waals surface area contributed by atoms with Gasteiger partial charge in [-0.1, -0.05) is 133 Å². The van der Waals surface area contributed by atoms with Gasteiger partial charge >= 0.3 is 0 Å². The summed E-state index contributed by atoms with van der Waals surface area (Å²) in [6.07, 6.45) is 0. The molecule has 0 atom stereocenters. The van der Waals surface area contributed by atoms with E-state index in [0.29, 0.717) is 0 Å². The predicted molar refractivity (Wildman–Crippen MR) is 209 cm³/mol. The van der Waals surface area contributed by atoms with Crippen molar-refractivity contribution in [3.05, 3.63) is 188 Å². The van der Waals surface area contributed by atoms with Gasteiger partial charge in [-0.2, -0.15) is 0 Å². The van der Waals surface area contributed by atoms with E-state index in [1.165, 1.54) is 43.7 Å². The van der Waals surface area contributed by atoms with E-state index in [1.54, 1.807) is 0 Å². The van der Waals surface area contributed by atoms with E-state index >= 15 is 0 Å². The van der Waals surface area contributed by atoms with Gasteiger partial charge in [0.25, 0.3) is 0 Å². The maximum atomic E-state index is 5.34. The molecule has 3 aromatic heterocycles. The van der Waals surface area contributed by atoms with Crippen molar-refractivity contribution in [1.29, 1.82) is 0 Å². The van der Waals surface area contributed by atoms with Crippen molar-refractivity contribution in [2.24, 2.45) is 0 Å². The van der Waals surface area contributed by atoms with Crippen LogP contribution in [0.15, 0.2) is 188 Å². The fraction of sp³-hybridized carbons (Fsp3) is 0. The monoisotopic (exact) mass is 637 g/mol. The molecule has 0 aliphatic rings. The molecule has 0 fully saturated rings. The highest BCUT2D eigenvalue weighted by Crippen LogP contribution is 2.39. The summed E-state index contributed by atoms with van der Waals surface area (Å²) in [7, 11) is 0. The van der Waals surface area contributed by atoms with Crippen LogP contribution in [0.4, 0.5) is 0 Å². The fourth-order valence-electron chi connectivity index (χ4n) is 7.59. The third kappa shape index (κ3) is 4.56. The van der Waals surface area contributed by atoms with Crippen molar-refractivity contribution in [3.63, 3.8) is 0 Å². The molecule has 10 rings (SSSR count). The maximum Gasteiger partial charge on any atom is 0.138 e. The molecule has 0 unspecified atom stereocenters. The lowest BCUT2D eigenvalue weighted by Crippen LogP contribution is -2.00. The largest absolute Gasteiger partial charge is 0.309 e. The molecule has 0 saturated heterocycles. The molecule has 0 spiro atoms. The van der Waals surface area contributed by atoms with Crippen molar-refractivity contribution in [1.82, 2.24) is 14.1 Å². The Labute approximate surface area is 290 Å². The van der Waals surface area contributed by atoms with Crippen LogP contribution in [0, 0.1) is 0 Å². The zero-order chi connectivity index (χ0) is 33.0. The van der Waals surface area contributed by atoms with Crippen LogP contribution < -0.4 is 0 Å². The Balaban J connectivity index is 1.20. The van der Waals surface area contributed by atoms with Crippen molar-refractivity contribution in [2.75, 3.05) is 0 Å². The van der Waals surface area contributed by atoms with Gasteiger partial charge < -0.3 is 4.57 Å². The van der Waals surface area contributed by atoms with E-state index < -0.39 is 0 Å². The molecule has 0 aliphatic heterocycles. The molecule has 0 saturated carbocycles. The molecule has 50 heavy (non-hydrogen) atoms. The van der Waals surface area contributed by atoms with Crippen LogP contribution in [-0.4, -0.2) is 14.1 Å². The Morgan fingerprint density at radius 3 is 1.58 bits per heavy atom. The van der Waals surface area contributed by atoms with Crippen LogP contribution in [0.25, 0.3) is 88.6 Å². The van der Waals surface area contributed by atoms with Crippen molar-refractivity contribution >= 4 is 43.6 Å². The van der Waals surface area contributed by atoms with Crippen LogP contribution in [0.5, 0.6) is 0 Å². The first-order valence-corrected chi connectivity index (χ1v) is 17.1. The normalized spacial score (nSPS) is 11.6. The molecule has 7 aromatic carbocycles. The minimum Gasteiger partial charge on any atom is -0.309 e. The highest BCUT2D eigenvalue weighted by molar-refractivity contribution is 6.12. The Bertz CT molecular complexity index is 2790. The third-order valence-corrected chi connectivity index (χ3v) is 9.91. The summed E-state index contributed by atoms with van der Waals surface area (Å²) in [6.45, 7) is 0. The van der Waals surface area contributed by atoms with E-state index in [1.807, 2.05) is 0 Å². The van der Waals surface area contributed by atoms with Gasteiger partial charge in [-0.15, -0.1) is 0 Å². The lowest BCUT2D eigenvalue weighted by Gasteiger charge is -2.13. The van der Waals surface area contributed by atoms with Gasteiger partial charge in [-0.25, -0.2) is 4.98 Å². The SMILES string of the molecule is c1ccc(-c2cc(-c3ccccc3)nc(-n3c4ccccc4c4ccc(-c5ccc6c(c5)c5ccccc5n6-c5ccccc5)cc43)c2)cc1. The molecule has 0 N–H and O–H groups in total. The smallest absolute Gasteiger partial charge is 0.138 e. The lowest BCUT2D eigenvalue weighted by atomic mass is 10.0. The third-order valence-electron chi connectivity index (χ3n) is 9.91. The molecular weight excluding hydrogens is 607 g/mol. The second kappa shape index (κ2) is 11.5. The average Bonchev–Trinajstić information content (AvgIpc) is 3.71. The number of rotatable bonds is 5. The van der Waals surface area contributed by atoms with E-state index in [-0.39, 0.29) is 0 Å². The molecule has 3 heterocycles. The zero-order valence-electron chi connectivity index (χ0n) is 27.2. The Morgan fingerprint density at radius 1 is 0.300 bits per heavy atom. The highest BCUT2D eigenvalue weighted by Gasteiger charge is 2.18. The number of benzene rings is 7. The van der Waals surface area contributed by atoms with E-state index in [0.717, 1.165) is 44.9 Å². The summed E-state index contributed by atoms with van der Waals surface area (Å²) in [6, 6.07) is 67.3. The summed E-state index contributed by atoms with van der Waals surface area (Å²) < 4.78 is 4.71. The number of aromatic nitrogens is 3. The lowest BCUT2D eigenvalue weighted by molar-refractivity contribution is 1.08. The molecule has 0 radical (unpaired) electrons. The first-order valence-electron chi connectivity index (χ1n) is 17.1. The standard InChI is InChI=1S/C47H31N3/c1-4-14-32(15-5-1)36-29-42(33-16-6-2-7-17-33)48-47(31-36)50-44-23-13-10-20-38(44)40-26-24-35(30-46(40)50)34-25-27-45-41(28-34)39-21-11-12-22-43(39)49(45)37-18-8-3-9-19-37/h1-31H. The molecule has 3 nitrogen and oxygen atoms in total.